The van der Waals surface area contributed by atoms with Crippen molar-refractivity contribution in [1.29, 1.82) is 0 Å². The zero-order chi connectivity index (χ0) is 22.0. The van der Waals surface area contributed by atoms with Gasteiger partial charge in [0, 0.05) is 10.9 Å². The van der Waals surface area contributed by atoms with Crippen LogP contribution in [0.3, 0.4) is 0 Å². The van der Waals surface area contributed by atoms with Crippen LogP contribution in [0.4, 0.5) is 13.2 Å². The third kappa shape index (κ3) is 4.27. The number of thiophene rings is 1. The number of aromatic amines is 1. The molecule has 0 spiro atoms. The summed E-state index contributed by atoms with van der Waals surface area (Å²) in [6.07, 6.45) is -1.47. The zero-order valence-electron chi connectivity index (χ0n) is 16.1. The van der Waals surface area contributed by atoms with Gasteiger partial charge in [-0.1, -0.05) is 30.3 Å². The maximum atomic E-state index is 14.2. The number of hydrogen-bond donors (Lipinski definition) is 1. The van der Waals surface area contributed by atoms with Gasteiger partial charge in [-0.15, -0.1) is 11.3 Å². The maximum Gasteiger partial charge on any atom is 0.329 e. The number of alkyl halides is 2. The van der Waals surface area contributed by atoms with E-state index in [1.807, 2.05) is 41.8 Å². The van der Waals surface area contributed by atoms with Crippen molar-refractivity contribution in [3.8, 4) is 16.2 Å². The van der Waals surface area contributed by atoms with E-state index >= 15 is 0 Å². The van der Waals surface area contributed by atoms with Gasteiger partial charge in [-0.05, 0) is 28.6 Å². The number of hydrogen-bond acceptors (Lipinski definition) is 4. The highest BCUT2D eigenvalue weighted by molar-refractivity contribution is 7.13. The fourth-order valence-corrected chi connectivity index (χ4v) is 3.90. The molecule has 0 bridgehead atoms. The Bertz CT molecular complexity index is 1310. The molecule has 160 valence electrons. The molecule has 0 aliphatic heterocycles. The van der Waals surface area contributed by atoms with E-state index in [1.54, 1.807) is 11.3 Å². The topological polar surface area (TPSA) is 64.1 Å². The molecule has 0 unspecified atom stereocenters. The van der Waals surface area contributed by atoms with Crippen molar-refractivity contribution < 1.29 is 17.9 Å². The van der Waals surface area contributed by atoms with Crippen molar-refractivity contribution in [2.75, 3.05) is 13.3 Å². The number of rotatable bonds is 7. The van der Waals surface area contributed by atoms with Gasteiger partial charge in [-0.3, -0.25) is 9.36 Å². The molecule has 0 atom stereocenters. The van der Waals surface area contributed by atoms with E-state index in [0.717, 1.165) is 32.7 Å². The van der Waals surface area contributed by atoms with Gasteiger partial charge >= 0.3 is 5.69 Å². The van der Waals surface area contributed by atoms with E-state index in [9.17, 15) is 22.8 Å². The van der Waals surface area contributed by atoms with Crippen molar-refractivity contribution in [3.05, 3.63) is 86.1 Å². The van der Waals surface area contributed by atoms with Gasteiger partial charge in [-0.2, -0.15) is 0 Å². The number of nitrogens with zero attached hydrogens (tertiary/aromatic N) is 1. The Kier molecular flexibility index (Phi) is 5.94. The summed E-state index contributed by atoms with van der Waals surface area (Å²) in [6.45, 7) is -2.30. The molecule has 4 rings (SSSR count). The summed E-state index contributed by atoms with van der Waals surface area (Å²) in [6, 6.07) is 13.3. The molecule has 2 heterocycles. The first-order valence-electron chi connectivity index (χ1n) is 9.38. The van der Waals surface area contributed by atoms with Crippen LogP contribution in [0, 0.1) is 5.82 Å². The summed E-state index contributed by atoms with van der Waals surface area (Å²) >= 11 is 1.60. The third-order valence-electron chi connectivity index (χ3n) is 4.77. The fraction of sp³-hybridized carbons (Fsp3) is 0.182. The number of ether oxygens (including phenoxy) is 1. The maximum absolute atomic E-state index is 14.2. The normalized spacial score (nSPS) is 11.4. The Hall–Kier alpha value is -3.33. The Morgan fingerprint density at radius 1 is 1.06 bits per heavy atom. The van der Waals surface area contributed by atoms with Crippen molar-refractivity contribution in [3.63, 3.8) is 0 Å². The van der Waals surface area contributed by atoms with Crippen LogP contribution in [0.2, 0.25) is 0 Å². The predicted octanol–water partition coefficient (Wildman–Crippen LogP) is 4.29. The smallest absolute Gasteiger partial charge is 0.329 e. The Labute approximate surface area is 178 Å². The van der Waals surface area contributed by atoms with E-state index in [-0.39, 0.29) is 17.4 Å². The van der Waals surface area contributed by atoms with Crippen LogP contribution in [-0.4, -0.2) is 29.0 Å². The van der Waals surface area contributed by atoms with E-state index in [1.165, 1.54) is 0 Å². The van der Waals surface area contributed by atoms with Crippen molar-refractivity contribution in [1.82, 2.24) is 9.55 Å². The molecule has 5 nitrogen and oxygen atoms in total. The molecule has 0 saturated carbocycles. The molecule has 0 amide bonds. The van der Waals surface area contributed by atoms with Crippen LogP contribution in [0.25, 0.3) is 21.3 Å². The summed E-state index contributed by atoms with van der Waals surface area (Å²) in [5, 5.41) is 1.95. The molecule has 4 aromatic rings. The summed E-state index contributed by atoms with van der Waals surface area (Å²) in [7, 11) is 0. The van der Waals surface area contributed by atoms with Crippen molar-refractivity contribution in [2.45, 2.75) is 12.6 Å². The highest BCUT2D eigenvalue weighted by Crippen LogP contribution is 2.25. The number of benzene rings is 2. The molecule has 1 N–H and O–H groups in total. The Morgan fingerprint density at radius 3 is 2.45 bits per heavy atom. The Balaban J connectivity index is 1.70. The van der Waals surface area contributed by atoms with Crippen molar-refractivity contribution in [2.24, 2.45) is 0 Å². The SMILES string of the molecule is O=c1[nH]c2cc(F)c(OC(CF)CF)cc2c(=O)n1Cc1ccc(-c2cccs2)cc1. The van der Waals surface area contributed by atoms with E-state index in [0.29, 0.717) is 0 Å². The Morgan fingerprint density at radius 2 is 1.81 bits per heavy atom. The first kappa shape index (κ1) is 20.9. The first-order chi connectivity index (χ1) is 15.0. The molecule has 0 fully saturated rings. The molecule has 9 heteroatoms. The number of H-pyrrole nitrogens is 1. The lowest BCUT2D eigenvalue weighted by Gasteiger charge is -2.14. The number of fused-ring (bicyclic) bond motifs is 1. The number of nitrogens with one attached hydrogen (secondary N) is 1. The molecule has 2 aromatic heterocycles. The highest BCUT2D eigenvalue weighted by atomic mass is 32.1. The molecular formula is C22H17F3N2O3S. The molecule has 0 aliphatic rings. The number of aromatic nitrogens is 2. The largest absolute Gasteiger partial charge is 0.482 e. The van der Waals surface area contributed by atoms with Crippen LogP contribution in [0.15, 0.2) is 63.5 Å². The van der Waals surface area contributed by atoms with E-state index < -0.39 is 42.3 Å². The minimum Gasteiger partial charge on any atom is -0.482 e. The third-order valence-corrected chi connectivity index (χ3v) is 5.69. The van der Waals surface area contributed by atoms with Gasteiger partial charge in [0.1, 0.15) is 13.3 Å². The quantitative estimate of drug-likeness (QED) is 0.461. The van der Waals surface area contributed by atoms with E-state index in [4.69, 9.17) is 4.74 Å². The average molecular weight is 446 g/mol. The summed E-state index contributed by atoms with van der Waals surface area (Å²) in [4.78, 5) is 28.9. The molecule has 0 aliphatic carbocycles. The molecule has 0 radical (unpaired) electrons. The van der Waals surface area contributed by atoms with Gasteiger partial charge < -0.3 is 9.72 Å². The average Bonchev–Trinajstić information content (AvgIpc) is 3.31. The minimum absolute atomic E-state index is 0.0000208. The van der Waals surface area contributed by atoms with Gasteiger partial charge in [0.2, 0.25) is 0 Å². The van der Waals surface area contributed by atoms with Gasteiger partial charge in [0.05, 0.1) is 17.4 Å². The van der Waals surface area contributed by atoms with Gasteiger partial charge in [-0.25, -0.2) is 18.0 Å². The second kappa shape index (κ2) is 8.81. The lowest BCUT2D eigenvalue weighted by atomic mass is 10.1. The summed E-state index contributed by atoms with van der Waals surface area (Å²) in [5.41, 5.74) is 0.356. The molecule has 2 aromatic carbocycles. The highest BCUT2D eigenvalue weighted by Gasteiger charge is 2.17. The fourth-order valence-electron chi connectivity index (χ4n) is 3.17. The second-order valence-electron chi connectivity index (χ2n) is 6.87. The van der Waals surface area contributed by atoms with Crippen LogP contribution in [-0.2, 0) is 6.54 Å². The van der Waals surface area contributed by atoms with Crippen LogP contribution < -0.4 is 16.0 Å². The number of halogens is 3. The molecule has 31 heavy (non-hydrogen) atoms. The summed E-state index contributed by atoms with van der Waals surface area (Å²) < 4.78 is 45.7. The second-order valence-corrected chi connectivity index (χ2v) is 7.82. The first-order valence-corrected chi connectivity index (χ1v) is 10.3. The monoisotopic (exact) mass is 446 g/mol. The lowest BCUT2D eigenvalue weighted by Crippen LogP contribution is -2.35. The molecule has 0 saturated heterocycles. The van der Waals surface area contributed by atoms with Gasteiger partial charge in [0.25, 0.3) is 5.56 Å². The van der Waals surface area contributed by atoms with Crippen LogP contribution in [0.1, 0.15) is 5.56 Å². The van der Waals surface area contributed by atoms with Gasteiger partial charge in [0.15, 0.2) is 17.7 Å². The standard InChI is InChI=1S/C22H17F3N2O3S/c23-10-15(11-24)30-19-8-16-18(9-17(19)25)26-22(29)27(21(16)28)12-13-3-5-14(6-4-13)20-2-1-7-31-20/h1-9,15H,10-12H2,(H,26,29). The van der Waals surface area contributed by atoms with Crippen LogP contribution in [0.5, 0.6) is 5.75 Å². The van der Waals surface area contributed by atoms with Crippen molar-refractivity contribution >= 4 is 22.2 Å². The molecular weight excluding hydrogens is 429 g/mol. The zero-order valence-corrected chi connectivity index (χ0v) is 16.9. The lowest BCUT2D eigenvalue weighted by molar-refractivity contribution is 0.129. The summed E-state index contributed by atoms with van der Waals surface area (Å²) in [5.74, 6) is -1.39. The predicted molar refractivity (Wildman–Crippen MR) is 114 cm³/mol. The minimum atomic E-state index is -1.47. The van der Waals surface area contributed by atoms with E-state index in [2.05, 4.69) is 4.98 Å². The van der Waals surface area contributed by atoms with Crippen LogP contribution >= 0.6 is 11.3 Å².